The molecule has 0 saturated carbocycles. The summed E-state index contributed by atoms with van der Waals surface area (Å²) in [6.45, 7) is 3.85. The Morgan fingerprint density at radius 2 is 1.90 bits per heavy atom. The maximum Gasteiger partial charge on any atom is 0.151 e. The molecule has 1 atom stereocenters. The molecule has 0 bridgehead atoms. The zero-order valence-electron chi connectivity index (χ0n) is 11.0. The standard InChI is InChI=1S/C14H14Cl3N3/c1-7-5-12(17)20-14(13(7)18)19-8(2)10-4-3-9(15)6-11(10)16/h3-6,8H,18H2,1-2H3,(H,19,20)/t8-/m1/s1. The van der Waals surface area contributed by atoms with Gasteiger partial charge in [0.15, 0.2) is 5.82 Å². The van der Waals surface area contributed by atoms with Crippen molar-refractivity contribution in [2.45, 2.75) is 19.9 Å². The molecule has 20 heavy (non-hydrogen) atoms. The Balaban J connectivity index is 2.30. The summed E-state index contributed by atoms with van der Waals surface area (Å²) in [5, 5.41) is 4.81. The van der Waals surface area contributed by atoms with Crippen molar-refractivity contribution in [3.63, 3.8) is 0 Å². The number of nitrogens with two attached hydrogens (primary N) is 1. The Morgan fingerprint density at radius 3 is 2.55 bits per heavy atom. The summed E-state index contributed by atoms with van der Waals surface area (Å²) >= 11 is 18.0. The largest absolute Gasteiger partial charge is 0.396 e. The minimum absolute atomic E-state index is 0.0765. The SMILES string of the molecule is Cc1cc(Cl)nc(N[C@H](C)c2ccc(Cl)cc2Cl)c1N. The zero-order valence-corrected chi connectivity index (χ0v) is 13.3. The van der Waals surface area contributed by atoms with Gasteiger partial charge in [-0.15, -0.1) is 0 Å². The maximum absolute atomic E-state index is 6.19. The van der Waals surface area contributed by atoms with Crippen LogP contribution in [0.5, 0.6) is 0 Å². The second-order valence-corrected chi connectivity index (χ2v) is 5.79. The molecule has 0 saturated heterocycles. The molecule has 0 spiro atoms. The van der Waals surface area contributed by atoms with Crippen molar-refractivity contribution in [3.05, 3.63) is 50.6 Å². The molecule has 2 aromatic rings. The molecule has 1 heterocycles. The van der Waals surface area contributed by atoms with Crippen LogP contribution in [0.2, 0.25) is 15.2 Å². The number of nitrogens with zero attached hydrogens (tertiary/aromatic N) is 1. The molecule has 0 radical (unpaired) electrons. The molecular formula is C14H14Cl3N3. The van der Waals surface area contributed by atoms with Crippen LogP contribution >= 0.6 is 34.8 Å². The van der Waals surface area contributed by atoms with E-state index >= 15 is 0 Å². The van der Waals surface area contributed by atoms with Crippen LogP contribution in [0.25, 0.3) is 0 Å². The fourth-order valence-corrected chi connectivity index (χ4v) is 2.71. The molecule has 0 amide bonds. The Labute approximate surface area is 133 Å². The zero-order chi connectivity index (χ0) is 14.9. The molecule has 6 heteroatoms. The lowest BCUT2D eigenvalue weighted by molar-refractivity contribution is 0.875. The van der Waals surface area contributed by atoms with Crippen LogP contribution in [0.1, 0.15) is 24.1 Å². The molecule has 2 rings (SSSR count). The van der Waals surface area contributed by atoms with E-state index < -0.39 is 0 Å². The number of nitrogens with one attached hydrogen (secondary N) is 1. The van der Waals surface area contributed by atoms with Crippen molar-refractivity contribution in [1.29, 1.82) is 0 Å². The average Bonchev–Trinajstić information content (AvgIpc) is 2.35. The maximum atomic E-state index is 6.19. The molecule has 106 valence electrons. The number of rotatable bonds is 3. The van der Waals surface area contributed by atoms with Gasteiger partial charge in [0, 0.05) is 10.0 Å². The second-order valence-electron chi connectivity index (χ2n) is 4.56. The molecule has 3 N–H and O–H groups in total. The number of aryl methyl sites for hydroxylation is 1. The summed E-state index contributed by atoms with van der Waals surface area (Å²) in [4.78, 5) is 4.21. The van der Waals surface area contributed by atoms with Crippen LogP contribution in [0.4, 0.5) is 11.5 Å². The van der Waals surface area contributed by atoms with Gasteiger partial charge in [0.2, 0.25) is 0 Å². The van der Waals surface area contributed by atoms with E-state index in [4.69, 9.17) is 40.5 Å². The average molecular weight is 331 g/mol. The van der Waals surface area contributed by atoms with Gasteiger partial charge in [-0.05, 0) is 43.2 Å². The first-order chi connectivity index (χ1) is 9.38. The van der Waals surface area contributed by atoms with Gasteiger partial charge < -0.3 is 11.1 Å². The number of hydrogen-bond acceptors (Lipinski definition) is 3. The van der Waals surface area contributed by atoms with Gasteiger partial charge in [-0.1, -0.05) is 40.9 Å². The van der Waals surface area contributed by atoms with Gasteiger partial charge in [-0.2, -0.15) is 0 Å². The van der Waals surface area contributed by atoms with Gasteiger partial charge in [-0.3, -0.25) is 0 Å². The Kier molecular flexibility index (Phi) is 4.63. The number of benzene rings is 1. The summed E-state index contributed by atoms with van der Waals surface area (Å²) < 4.78 is 0. The predicted molar refractivity (Wildman–Crippen MR) is 86.9 cm³/mol. The summed E-state index contributed by atoms with van der Waals surface area (Å²) in [6.07, 6.45) is 0. The first-order valence-electron chi connectivity index (χ1n) is 6.02. The summed E-state index contributed by atoms with van der Waals surface area (Å²) in [6, 6.07) is 7.02. The highest BCUT2D eigenvalue weighted by Gasteiger charge is 2.13. The van der Waals surface area contributed by atoms with Crippen LogP contribution in [0, 0.1) is 6.92 Å². The first kappa shape index (κ1) is 15.2. The van der Waals surface area contributed by atoms with Gasteiger partial charge in [0.05, 0.1) is 11.7 Å². The van der Waals surface area contributed by atoms with E-state index in [1.165, 1.54) is 0 Å². The van der Waals surface area contributed by atoms with Crippen LogP contribution in [0.3, 0.4) is 0 Å². The van der Waals surface area contributed by atoms with Crippen LogP contribution in [-0.2, 0) is 0 Å². The lowest BCUT2D eigenvalue weighted by Gasteiger charge is -2.18. The summed E-state index contributed by atoms with van der Waals surface area (Å²) in [5.74, 6) is 0.550. The van der Waals surface area contributed by atoms with Gasteiger partial charge >= 0.3 is 0 Å². The summed E-state index contributed by atoms with van der Waals surface area (Å²) in [5.41, 5.74) is 8.37. The second kappa shape index (κ2) is 6.08. The van der Waals surface area contributed by atoms with E-state index in [0.29, 0.717) is 26.7 Å². The van der Waals surface area contributed by atoms with E-state index in [-0.39, 0.29) is 6.04 Å². The van der Waals surface area contributed by atoms with Gasteiger partial charge in [-0.25, -0.2) is 4.98 Å². The number of nitrogen functional groups attached to an aromatic ring is 1. The minimum Gasteiger partial charge on any atom is -0.396 e. The van der Waals surface area contributed by atoms with E-state index in [2.05, 4.69) is 10.3 Å². The Hall–Kier alpha value is -1.16. The third-order valence-electron chi connectivity index (χ3n) is 3.02. The smallest absolute Gasteiger partial charge is 0.151 e. The van der Waals surface area contributed by atoms with Crippen molar-refractivity contribution < 1.29 is 0 Å². The predicted octanol–water partition coefficient (Wildman–Crippen LogP) is 5.11. The van der Waals surface area contributed by atoms with Gasteiger partial charge in [0.1, 0.15) is 5.15 Å². The molecule has 0 fully saturated rings. The fourth-order valence-electron chi connectivity index (χ4n) is 1.89. The van der Waals surface area contributed by atoms with E-state index in [1.807, 2.05) is 19.9 Å². The molecule has 0 aliphatic heterocycles. The van der Waals surface area contributed by atoms with Crippen LogP contribution in [0.15, 0.2) is 24.3 Å². The quantitative estimate of drug-likeness (QED) is 0.769. The summed E-state index contributed by atoms with van der Waals surface area (Å²) in [7, 11) is 0. The van der Waals surface area contributed by atoms with Crippen LogP contribution < -0.4 is 11.1 Å². The third-order valence-corrected chi connectivity index (χ3v) is 3.77. The first-order valence-corrected chi connectivity index (χ1v) is 7.16. The monoisotopic (exact) mass is 329 g/mol. The van der Waals surface area contributed by atoms with Crippen molar-refractivity contribution in [2.24, 2.45) is 0 Å². The van der Waals surface area contributed by atoms with Crippen molar-refractivity contribution in [2.75, 3.05) is 11.1 Å². The van der Waals surface area contributed by atoms with E-state index in [0.717, 1.165) is 11.1 Å². The highest BCUT2D eigenvalue weighted by atomic mass is 35.5. The number of anilines is 2. The molecule has 0 aliphatic carbocycles. The third kappa shape index (κ3) is 3.29. The Morgan fingerprint density at radius 1 is 1.20 bits per heavy atom. The normalized spacial score (nSPS) is 12.2. The number of halogens is 3. The lowest BCUT2D eigenvalue weighted by Crippen LogP contribution is -2.11. The number of hydrogen-bond donors (Lipinski definition) is 2. The molecule has 0 aliphatic rings. The molecular weight excluding hydrogens is 317 g/mol. The van der Waals surface area contributed by atoms with Crippen molar-refractivity contribution in [1.82, 2.24) is 4.98 Å². The highest BCUT2D eigenvalue weighted by Crippen LogP contribution is 2.31. The molecule has 1 aromatic heterocycles. The number of pyridine rings is 1. The van der Waals surface area contributed by atoms with Crippen LogP contribution in [-0.4, -0.2) is 4.98 Å². The molecule has 1 aromatic carbocycles. The lowest BCUT2D eigenvalue weighted by atomic mass is 10.1. The molecule has 0 unspecified atom stereocenters. The minimum atomic E-state index is -0.0765. The van der Waals surface area contributed by atoms with Gasteiger partial charge in [0.25, 0.3) is 0 Å². The van der Waals surface area contributed by atoms with E-state index in [1.54, 1.807) is 18.2 Å². The van der Waals surface area contributed by atoms with Crippen molar-refractivity contribution >= 4 is 46.3 Å². The highest BCUT2D eigenvalue weighted by molar-refractivity contribution is 6.35. The number of aromatic nitrogens is 1. The molecule has 3 nitrogen and oxygen atoms in total. The fraction of sp³-hybridized carbons (Fsp3) is 0.214. The topological polar surface area (TPSA) is 50.9 Å². The Bertz CT molecular complexity index is 644. The van der Waals surface area contributed by atoms with Crippen molar-refractivity contribution in [3.8, 4) is 0 Å². The van der Waals surface area contributed by atoms with E-state index in [9.17, 15) is 0 Å².